The van der Waals surface area contributed by atoms with E-state index in [1.165, 1.54) is 75.1 Å². The third kappa shape index (κ3) is 23.3. The van der Waals surface area contributed by atoms with Gasteiger partial charge in [-0.15, -0.1) is 113 Å². The van der Waals surface area contributed by atoms with Crippen molar-refractivity contribution in [3.63, 3.8) is 0 Å². The van der Waals surface area contributed by atoms with Crippen LogP contribution in [0.15, 0.2) is 254 Å². The van der Waals surface area contributed by atoms with Gasteiger partial charge >= 0.3 is 5.97 Å². The van der Waals surface area contributed by atoms with Crippen LogP contribution in [0, 0.1) is 18.3 Å². The Labute approximate surface area is 870 Å². The Kier molecular flexibility index (Phi) is 35.1. The van der Waals surface area contributed by atoms with Crippen molar-refractivity contribution in [1.82, 2.24) is 39.5 Å². The second kappa shape index (κ2) is 48.2. The number of aromatic nitrogens is 8. The minimum Gasteiger partial charge on any atom is -0.465 e. The predicted molar refractivity (Wildman–Crippen MR) is 605 cm³/mol. The number of benzene rings is 4. The van der Waals surface area contributed by atoms with Crippen LogP contribution in [0.25, 0.3) is 160 Å². The highest BCUT2D eigenvalue weighted by molar-refractivity contribution is 7.89. The minimum atomic E-state index is -1.23. The summed E-state index contributed by atoms with van der Waals surface area (Å²) in [5.41, 5.74) is 50.2. The number of hydrogen-bond acceptors (Lipinski definition) is 30. The van der Waals surface area contributed by atoms with E-state index >= 15 is 0 Å². The van der Waals surface area contributed by atoms with Gasteiger partial charge < -0.3 is 38.0 Å². The van der Waals surface area contributed by atoms with Crippen molar-refractivity contribution in [2.24, 2.45) is 7.05 Å². The number of unbranched alkanes of at least 4 members (excludes halogenated alkanes) is 5. The molecule has 0 fully saturated rings. The van der Waals surface area contributed by atoms with Crippen LogP contribution in [0.1, 0.15) is 108 Å². The molecule has 0 aliphatic heterocycles. The van der Waals surface area contributed by atoms with Crippen LogP contribution in [0.5, 0.6) is 0 Å². The van der Waals surface area contributed by atoms with Crippen LogP contribution in [0.2, 0.25) is 0 Å². The van der Waals surface area contributed by atoms with E-state index in [4.69, 9.17) is 63.6 Å². The molecule has 0 spiro atoms. The Morgan fingerprint density at radius 1 is 0.376 bits per heavy atom. The average Bonchev–Trinajstić information content (AvgIpc) is 1.47. The van der Waals surface area contributed by atoms with Crippen LogP contribution in [-0.4, -0.2) is 102 Å². The first-order valence-corrected chi connectivity index (χ1v) is 60.5. The van der Waals surface area contributed by atoms with E-state index in [9.17, 15) is 25.8 Å². The van der Waals surface area contributed by atoms with Gasteiger partial charge in [-0.3, -0.25) is 21.0 Å². The van der Waals surface area contributed by atoms with Crippen LogP contribution in [-0.2, 0) is 65.8 Å². The van der Waals surface area contributed by atoms with Gasteiger partial charge in [-0.2, -0.15) is 5.26 Å². The minimum absolute atomic E-state index is 0.395. The maximum atomic E-state index is 12.9. The maximum absolute atomic E-state index is 12.9. The van der Waals surface area contributed by atoms with Crippen molar-refractivity contribution in [3.8, 4) is 115 Å². The van der Waals surface area contributed by atoms with Gasteiger partial charge in [-0.05, 0) is 172 Å². The van der Waals surface area contributed by atoms with E-state index in [0.717, 1.165) is 219 Å². The lowest BCUT2D eigenvalue weighted by molar-refractivity contribution is 0.0600. The molecule has 5 atom stereocenters. The number of nitrogen functional groups attached to an aromatic ring is 5. The molecule has 0 amide bonds. The zero-order chi connectivity index (χ0) is 98.9. The molecule has 20 aromatic rings. The highest BCUT2D eigenvalue weighted by Gasteiger charge is 2.29. The third-order valence-corrected chi connectivity index (χ3v) is 42.1. The molecule has 0 aliphatic carbocycles. The van der Waals surface area contributed by atoms with Gasteiger partial charge in [0, 0.05) is 86.3 Å². The first-order valence-electron chi connectivity index (χ1n) is 45.4. The van der Waals surface area contributed by atoms with Crippen LogP contribution in [0.4, 0.5) is 28.4 Å². The number of hydrogen-bond donors (Lipinski definition) is 5. The maximum Gasteiger partial charge on any atom is 0.337 e. The lowest BCUT2D eigenvalue weighted by Crippen LogP contribution is -2.01. The molecule has 16 heterocycles. The van der Waals surface area contributed by atoms with Crippen molar-refractivity contribution < 1.29 is 30.6 Å². The summed E-state index contributed by atoms with van der Waals surface area (Å²) in [4.78, 5) is 53.6. The number of methoxy groups -OCH3 is 1. The number of nitrogens with zero attached hydrogens (tertiary/aromatic N) is 9. The van der Waals surface area contributed by atoms with E-state index in [-0.39, 0.29) is 0 Å². The molecule has 16 aromatic heterocycles. The smallest absolute Gasteiger partial charge is 0.337 e. The lowest BCUT2D eigenvalue weighted by Gasteiger charge is -2.09. The fraction of sp³-hybridized carbons (Fsp3) is 0.210. The summed E-state index contributed by atoms with van der Waals surface area (Å²) >= 11 is 15.3. The zero-order valence-electron chi connectivity index (χ0n) is 78.0. The molecular formula is C105H100N14O7S15. The number of anilines is 5. The fourth-order valence-electron chi connectivity index (χ4n) is 15.5. The van der Waals surface area contributed by atoms with Gasteiger partial charge in [0.25, 0.3) is 0 Å². The summed E-state index contributed by atoms with van der Waals surface area (Å²) in [6, 6.07) is 66.4. The summed E-state index contributed by atoms with van der Waals surface area (Å²) in [6.45, 7) is 10.4. The largest absolute Gasteiger partial charge is 0.465 e. The Morgan fingerprint density at radius 3 is 0.986 bits per heavy atom. The predicted octanol–water partition coefficient (Wildman–Crippen LogP) is 28.6. The molecule has 20 rings (SSSR count). The number of imidazole rings is 1. The van der Waals surface area contributed by atoms with Crippen molar-refractivity contribution in [3.05, 3.63) is 245 Å². The normalized spacial score (nSPS) is 12.4. The van der Waals surface area contributed by atoms with Gasteiger partial charge in [0.15, 0.2) is 0 Å². The topological polar surface area (TPSA) is 361 Å². The van der Waals surface area contributed by atoms with Crippen LogP contribution < -0.4 is 28.7 Å². The number of rotatable bonds is 31. The molecule has 0 saturated heterocycles. The summed E-state index contributed by atoms with van der Waals surface area (Å²) in [5.74, 6) is 3.44. The highest BCUT2D eigenvalue weighted by atomic mass is 32.2. The summed E-state index contributed by atoms with van der Waals surface area (Å²) in [6.07, 6.45) is 12.3. The van der Waals surface area contributed by atoms with E-state index < -0.39 is 60.0 Å². The number of carbonyl (C=O) groups is 1. The SMILES string of the molecule is CCCCS(=O)c1sc2nc(-c3cccs3)cc(-c3ccccc3)c2c1N.CCCCS(=O)c1sc2nc(-c3cccs3)cc(-c3ccccc3)c2c1N.CCCCS(=O)c1sc2nc(-c3cccs3)cc(-c3cnc(C)n3C)c2c1N.CCCCS(=O)c1sc2nc(-c3nccs3)cc(-c3cccc(C(=O)OC)c3)c2c1N.N#CCCCS(=O)c1sc2nc(-c3cccs3)cc(-c3ccccc3)c2c1N. The molecule has 36 heteroatoms. The Morgan fingerprint density at radius 2 is 0.688 bits per heavy atom. The summed E-state index contributed by atoms with van der Waals surface area (Å²) < 4.78 is 74.5. The number of thiazole rings is 1. The van der Waals surface area contributed by atoms with Crippen molar-refractivity contribution >= 4 is 253 Å². The second-order valence-electron chi connectivity index (χ2n) is 32.3. The molecule has 0 radical (unpaired) electrons. The summed E-state index contributed by atoms with van der Waals surface area (Å²) in [7, 11) is -2.32. The molecule has 0 bridgehead atoms. The van der Waals surface area contributed by atoms with E-state index in [0.29, 0.717) is 94.5 Å². The quantitative estimate of drug-likeness (QED) is 0.0199. The first kappa shape index (κ1) is 103. The molecule has 4 aromatic carbocycles. The monoisotopic (exact) mass is 2150 g/mol. The molecule has 0 aliphatic rings. The van der Waals surface area contributed by atoms with E-state index in [1.807, 2.05) is 146 Å². The number of nitriles is 1. The van der Waals surface area contributed by atoms with Gasteiger partial charge in [0.05, 0.1) is 155 Å². The number of fused-ring (bicyclic) bond motifs is 5. The summed E-state index contributed by atoms with van der Waals surface area (Å²) in [5, 5.41) is 23.9. The van der Waals surface area contributed by atoms with Gasteiger partial charge in [0.1, 0.15) is 61.7 Å². The van der Waals surface area contributed by atoms with E-state index in [1.54, 1.807) is 69.7 Å². The molecule has 10 N–H and O–H groups in total. The molecule has 141 heavy (non-hydrogen) atoms. The molecule has 0 saturated carbocycles. The first-order chi connectivity index (χ1) is 68.6. The third-order valence-electron chi connectivity index (χ3n) is 22.8. The number of pyridine rings is 5. The fourth-order valence-corrected chi connectivity index (χ4v) is 32.7. The molecule has 21 nitrogen and oxygen atoms in total. The number of aryl methyl sites for hydroxylation is 1. The Balaban J connectivity index is 0.000000127. The molecule has 722 valence electrons. The van der Waals surface area contributed by atoms with Gasteiger partial charge in [-0.25, -0.2) is 39.7 Å². The zero-order valence-corrected chi connectivity index (χ0v) is 90.3. The number of carbonyl (C=O) groups excluding carboxylic acids is 1. The van der Waals surface area contributed by atoms with Crippen molar-refractivity contribution in [2.75, 3.05) is 64.5 Å². The number of ether oxygens (including phenoxy) is 1. The van der Waals surface area contributed by atoms with Crippen LogP contribution >= 0.6 is 113 Å². The van der Waals surface area contributed by atoms with E-state index in [2.05, 4.69) is 126 Å². The molecule has 5 unspecified atom stereocenters. The van der Waals surface area contributed by atoms with Gasteiger partial charge in [0.2, 0.25) is 0 Å². The Hall–Kier alpha value is -11.2. The highest BCUT2D eigenvalue weighted by Crippen LogP contribution is 2.50. The number of nitrogens with two attached hydrogens (primary N) is 5. The number of esters is 1. The molecular weight excluding hydrogens is 2050 g/mol. The van der Waals surface area contributed by atoms with Crippen molar-refractivity contribution in [2.45, 2.75) is 120 Å². The lowest BCUT2D eigenvalue weighted by atomic mass is 10.00. The standard InChI is InChI=1S/C22H21N3O3S3.C21H17N3OS3.2C21H20N2OS3.C20H22N4OS3/c1-3-4-10-31(27)22-18(23)17-15(13-6-5-7-14(11-13)21(26)28-2)12-16(25-20(17)30-22)19-24-8-9-29-19;22-10-4-5-12-28(25)21-19(23)18-15(14-7-2-1-3-8-14)13-16(24-20(18)27-21)17-9-6-11-26-17;2*1-2-3-12-27(24)21-19(22)18-15(14-8-5-4-6-9-14)13-16(23-20(18)26-21)17-10-7-11-25-17;1-4-5-9-28(25)20-18(21)17-13(15-11-22-12(2)24(15)3)10-14(23-19(17)27-20)16-7-6-8-26-16/h5-9,11-12H,3-4,10,23H2,1-2H3;1-3,6-9,11,13H,4-5,12,23H2;2*4-11,13H,2-3,12,22H2,1H3;6-8,10-11H,4-5,9,21H2,1-3H3. The van der Waals surface area contributed by atoms with Crippen LogP contribution in [0.3, 0.4) is 0 Å². The van der Waals surface area contributed by atoms with Crippen molar-refractivity contribution in [1.29, 1.82) is 5.26 Å². The average molecular weight is 2150 g/mol. The van der Waals surface area contributed by atoms with Gasteiger partial charge in [-0.1, -0.05) is 181 Å². The number of thiophene rings is 9. The Bertz CT molecular complexity index is 7750. The second-order valence-corrected chi connectivity index (χ2v) is 50.8.